The second kappa shape index (κ2) is 11.3. The maximum absolute atomic E-state index is 3.65. The molecule has 0 amide bonds. The van der Waals surface area contributed by atoms with Crippen molar-refractivity contribution in [1.82, 2.24) is 4.68 Å². The van der Waals surface area contributed by atoms with Gasteiger partial charge in [0.05, 0.1) is 11.0 Å². The Bertz CT molecular complexity index is 1700. The number of unbranched alkanes of at least 4 members (excludes halogenated alkanes) is 1. The van der Waals surface area contributed by atoms with Crippen molar-refractivity contribution in [2.75, 3.05) is 16.9 Å². The fraction of sp³-hybridized carbons (Fsp3) is 0.111. The third-order valence-corrected chi connectivity index (χ3v) is 7.15. The molecule has 6 rings (SSSR count). The molecule has 6 aromatic rings. The van der Waals surface area contributed by atoms with E-state index < -0.39 is 0 Å². The molecule has 1 N–H and O–H groups in total. The molecule has 0 atom stereocenters. The van der Waals surface area contributed by atoms with Crippen molar-refractivity contribution < 1.29 is 0 Å². The smallest absolute Gasteiger partial charge is 0.0707 e. The first-order valence-corrected chi connectivity index (χ1v) is 13.8. The standard InChI is InChI=1S/C36H33N3/c1-2-3-26-37-39-35-17-11-10-16-33(35)34-27-32(24-25-36(34)39)38(30-14-8-5-9-15-30)31-22-20-29(21-23-31)19-18-28-12-6-4-7-13-28/h4-25,27,37H,2-3,26H2,1H3/b19-18+. The molecule has 0 spiro atoms. The van der Waals surface area contributed by atoms with Crippen molar-refractivity contribution in [3.8, 4) is 0 Å². The van der Waals surface area contributed by atoms with Crippen LogP contribution in [0.25, 0.3) is 34.0 Å². The summed E-state index contributed by atoms with van der Waals surface area (Å²) in [6.07, 6.45) is 6.63. The summed E-state index contributed by atoms with van der Waals surface area (Å²) in [5.74, 6) is 0. The molecule has 3 nitrogen and oxygen atoms in total. The first-order chi connectivity index (χ1) is 19.3. The molecule has 0 aliphatic rings. The zero-order valence-electron chi connectivity index (χ0n) is 22.3. The highest BCUT2D eigenvalue weighted by Gasteiger charge is 2.16. The summed E-state index contributed by atoms with van der Waals surface area (Å²) in [6, 6.07) is 45.3. The molecule has 0 radical (unpaired) electrons. The molecular formula is C36H33N3. The van der Waals surface area contributed by atoms with Crippen LogP contribution in [0.4, 0.5) is 17.1 Å². The third-order valence-electron chi connectivity index (χ3n) is 7.15. The van der Waals surface area contributed by atoms with E-state index >= 15 is 0 Å². The summed E-state index contributed by atoms with van der Waals surface area (Å²) < 4.78 is 2.25. The predicted molar refractivity (Wildman–Crippen MR) is 169 cm³/mol. The van der Waals surface area contributed by atoms with Crippen molar-refractivity contribution in [3.05, 3.63) is 139 Å². The number of rotatable bonds is 9. The summed E-state index contributed by atoms with van der Waals surface area (Å²) in [7, 11) is 0. The average Bonchev–Trinajstić information content (AvgIpc) is 3.31. The average molecular weight is 508 g/mol. The molecule has 0 saturated carbocycles. The molecule has 0 aliphatic carbocycles. The van der Waals surface area contributed by atoms with Gasteiger partial charge in [0.1, 0.15) is 0 Å². The highest BCUT2D eigenvalue weighted by atomic mass is 15.4. The summed E-state index contributed by atoms with van der Waals surface area (Å²) >= 11 is 0. The number of fused-ring (bicyclic) bond motifs is 3. The van der Waals surface area contributed by atoms with Crippen LogP contribution in [0.15, 0.2) is 127 Å². The normalized spacial score (nSPS) is 11.4. The zero-order valence-corrected chi connectivity index (χ0v) is 22.3. The Morgan fingerprint density at radius 3 is 1.92 bits per heavy atom. The minimum atomic E-state index is 0.952. The van der Waals surface area contributed by atoms with E-state index in [0.29, 0.717) is 0 Å². The number of nitrogens with one attached hydrogen (secondary N) is 1. The summed E-state index contributed by atoms with van der Waals surface area (Å²) in [5.41, 5.74) is 11.8. The Kier molecular flexibility index (Phi) is 7.13. The lowest BCUT2D eigenvalue weighted by molar-refractivity contribution is 0.775. The first kappa shape index (κ1) is 24.6. The van der Waals surface area contributed by atoms with Gasteiger partial charge in [0.25, 0.3) is 0 Å². The highest BCUT2D eigenvalue weighted by molar-refractivity contribution is 6.09. The maximum Gasteiger partial charge on any atom is 0.0707 e. The van der Waals surface area contributed by atoms with E-state index in [0.717, 1.165) is 30.0 Å². The SMILES string of the molecule is CCCCNn1c2ccccc2c2cc(N(c3ccccc3)c3ccc(/C=C/c4ccccc4)cc3)ccc21. The molecule has 0 aliphatic heterocycles. The highest BCUT2D eigenvalue weighted by Crippen LogP contribution is 2.38. The van der Waals surface area contributed by atoms with E-state index in [9.17, 15) is 0 Å². The molecule has 1 aromatic heterocycles. The van der Waals surface area contributed by atoms with Crippen molar-refractivity contribution in [1.29, 1.82) is 0 Å². The van der Waals surface area contributed by atoms with Gasteiger partial charge in [-0.25, -0.2) is 0 Å². The van der Waals surface area contributed by atoms with E-state index in [-0.39, 0.29) is 0 Å². The Hall–Kier alpha value is -4.76. The Morgan fingerprint density at radius 2 is 1.18 bits per heavy atom. The molecule has 5 aromatic carbocycles. The number of hydrogen-bond acceptors (Lipinski definition) is 2. The number of anilines is 3. The van der Waals surface area contributed by atoms with Gasteiger partial charge in [-0.15, -0.1) is 0 Å². The van der Waals surface area contributed by atoms with E-state index in [1.807, 2.05) is 6.07 Å². The second-order valence-corrected chi connectivity index (χ2v) is 9.82. The zero-order chi connectivity index (χ0) is 26.4. The van der Waals surface area contributed by atoms with Crippen molar-refractivity contribution in [2.45, 2.75) is 19.8 Å². The second-order valence-electron chi connectivity index (χ2n) is 9.82. The molecule has 1 heterocycles. The van der Waals surface area contributed by atoms with E-state index in [4.69, 9.17) is 0 Å². The van der Waals surface area contributed by atoms with Gasteiger partial charge in [-0.05, 0) is 66.1 Å². The molecule has 0 bridgehead atoms. The summed E-state index contributed by atoms with van der Waals surface area (Å²) in [6.45, 7) is 3.18. The quantitative estimate of drug-likeness (QED) is 0.155. The van der Waals surface area contributed by atoms with Crippen molar-refractivity contribution in [3.63, 3.8) is 0 Å². The third kappa shape index (κ3) is 5.17. The van der Waals surface area contributed by atoms with Gasteiger partial charge in [0, 0.05) is 34.4 Å². The maximum atomic E-state index is 3.65. The van der Waals surface area contributed by atoms with E-state index in [1.54, 1.807) is 0 Å². The number of hydrogen-bond donors (Lipinski definition) is 1. The first-order valence-electron chi connectivity index (χ1n) is 13.8. The van der Waals surface area contributed by atoms with Crippen LogP contribution < -0.4 is 10.3 Å². The minimum Gasteiger partial charge on any atom is -0.325 e. The molecule has 0 unspecified atom stereocenters. The van der Waals surface area contributed by atoms with Crippen LogP contribution in [0, 0.1) is 0 Å². The van der Waals surface area contributed by atoms with Gasteiger partial charge < -0.3 is 10.3 Å². The van der Waals surface area contributed by atoms with Crippen LogP contribution in [0.1, 0.15) is 30.9 Å². The molecular weight excluding hydrogens is 474 g/mol. The van der Waals surface area contributed by atoms with Crippen molar-refractivity contribution >= 4 is 51.0 Å². The van der Waals surface area contributed by atoms with Gasteiger partial charge in [-0.1, -0.05) is 104 Å². The lowest BCUT2D eigenvalue weighted by Crippen LogP contribution is -2.15. The Labute approximate surface area is 230 Å². The monoisotopic (exact) mass is 507 g/mol. The van der Waals surface area contributed by atoms with E-state index in [1.165, 1.54) is 39.4 Å². The number of nitrogens with zero attached hydrogens (tertiary/aromatic N) is 2. The van der Waals surface area contributed by atoms with Gasteiger partial charge in [0.15, 0.2) is 0 Å². The summed E-state index contributed by atoms with van der Waals surface area (Å²) in [4.78, 5) is 2.33. The van der Waals surface area contributed by atoms with Crippen LogP contribution in [0.3, 0.4) is 0 Å². The largest absolute Gasteiger partial charge is 0.325 e. The number of aromatic nitrogens is 1. The minimum absolute atomic E-state index is 0.952. The van der Waals surface area contributed by atoms with Gasteiger partial charge in [-0.2, -0.15) is 0 Å². The number of para-hydroxylation sites is 2. The molecule has 192 valence electrons. The van der Waals surface area contributed by atoms with E-state index in [2.05, 4.69) is 155 Å². The summed E-state index contributed by atoms with van der Waals surface area (Å²) in [5, 5.41) is 2.50. The fourth-order valence-corrected chi connectivity index (χ4v) is 5.15. The van der Waals surface area contributed by atoms with Gasteiger partial charge >= 0.3 is 0 Å². The molecule has 39 heavy (non-hydrogen) atoms. The molecule has 0 fully saturated rings. The van der Waals surface area contributed by atoms with Gasteiger partial charge in [-0.3, -0.25) is 4.68 Å². The number of benzene rings is 5. The molecule has 3 heteroatoms. The van der Waals surface area contributed by atoms with Gasteiger partial charge in [0.2, 0.25) is 0 Å². The lowest BCUT2D eigenvalue weighted by Gasteiger charge is -2.25. The fourth-order valence-electron chi connectivity index (χ4n) is 5.15. The van der Waals surface area contributed by atoms with Crippen LogP contribution >= 0.6 is 0 Å². The van der Waals surface area contributed by atoms with Crippen molar-refractivity contribution in [2.24, 2.45) is 0 Å². The Morgan fingerprint density at radius 1 is 0.590 bits per heavy atom. The predicted octanol–water partition coefficient (Wildman–Crippen LogP) is 9.78. The van der Waals surface area contributed by atoms with Crippen LogP contribution in [-0.4, -0.2) is 11.2 Å². The van der Waals surface area contributed by atoms with Crippen LogP contribution in [-0.2, 0) is 0 Å². The molecule has 0 saturated heterocycles. The Balaban J connectivity index is 1.41. The van der Waals surface area contributed by atoms with Crippen LogP contribution in [0.5, 0.6) is 0 Å². The van der Waals surface area contributed by atoms with Crippen LogP contribution in [0.2, 0.25) is 0 Å². The lowest BCUT2D eigenvalue weighted by atomic mass is 10.1. The topological polar surface area (TPSA) is 20.2 Å².